The van der Waals surface area contributed by atoms with Gasteiger partial charge in [-0.3, -0.25) is 0 Å². The Kier molecular flexibility index (Phi) is 3.72. The fraction of sp³-hybridized carbons (Fsp3) is 0.250. The van der Waals surface area contributed by atoms with Crippen molar-refractivity contribution >= 4 is 0 Å². The maximum atomic E-state index is 12.8. The van der Waals surface area contributed by atoms with E-state index in [1.807, 2.05) is 7.05 Å². The molecule has 0 unspecified atom stereocenters. The van der Waals surface area contributed by atoms with Crippen molar-refractivity contribution in [2.45, 2.75) is 0 Å². The third kappa shape index (κ3) is 3.04. The molecule has 0 aliphatic rings. The van der Waals surface area contributed by atoms with Crippen LogP contribution >= 0.6 is 0 Å². The van der Waals surface area contributed by atoms with Crippen molar-refractivity contribution in [2.75, 3.05) is 20.2 Å². The number of rotatable bonds is 5. The first-order valence-corrected chi connectivity index (χ1v) is 5.37. The van der Waals surface area contributed by atoms with Crippen LogP contribution in [0.2, 0.25) is 0 Å². The molecule has 1 aromatic carbocycles. The molecular formula is C12H14FN3O. The van der Waals surface area contributed by atoms with Crippen LogP contribution < -0.4 is 10.1 Å². The summed E-state index contributed by atoms with van der Waals surface area (Å²) < 4.78 is 19.9. The molecule has 1 N–H and O–H groups in total. The number of benzene rings is 1. The van der Waals surface area contributed by atoms with Crippen molar-refractivity contribution in [1.82, 2.24) is 15.1 Å². The van der Waals surface area contributed by atoms with E-state index in [-0.39, 0.29) is 5.82 Å². The normalized spacial score (nSPS) is 10.5. The lowest BCUT2D eigenvalue weighted by Crippen LogP contribution is -2.15. The predicted octanol–water partition coefficient (Wildman–Crippen LogP) is 1.61. The summed E-state index contributed by atoms with van der Waals surface area (Å²) in [6.45, 7) is 1.37. The molecule has 0 saturated heterocycles. The molecule has 90 valence electrons. The van der Waals surface area contributed by atoms with Crippen LogP contribution in [0.4, 0.5) is 4.39 Å². The first-order chi connectivity index (χ1) is 8.29. The van der Waals surface area contributed by atoms with E-state index >= 15 is 0 Å². The highest BCUT2D eigenvalue weighted by Gasteiger charge is 2.01. The van der Waals surface area contributed by atoms with E-state index in [9.17, 15) is 4.39 Å². The second kappa shape index (κ2) is 5.45. The molecule has 0 fully saturated rings. The maximum Gasteiger partial charge on any atom is 0.157 e. The van der Waals surface area contributed by atoms with E-state index in [2.05, 4.69) is 10.4 Å². The van der Waals surface area contributed by atoms with E-state index in [1.54, 1.807) is 29.2 Å². The maximum absolute atomic E-state index is 12.8. The number of hydrogen-bond acceptors (Lipinski definition) is 3. The van der Waals surface area contributed by atoms with Crippen molar-refractivity contribution in [3.63, 3.8) is 0 Å². The van der Waals surface area contributed by atoms with Gasteiger partial charge in [-0.2, -0.15) is 5.10 Å². The number of nitrogens with one attached hydrogen (secondary N) is 1. The molecule has 0 bridgehead atoms. The van der Waals surface area contributed by atoms with E-state index in [0.717, 1.165) is 12.2 Å². The second-order valence-corrected chi connectivity index (χ2v) is 3.55. The van der Waals surface area contributed by atoms with Gasteiger partial charge in [0.2, 0.25) is 0 Å². The van der Waals surface area contributed by atoms with Crippen molar-refractivity contribution in [2.24, 2.45) is 0 Å². The van der Waals surface area contributed by atoms with Gasteiger partial charge in [-0.05, 0) is 31.3 Å². The molecule has 4 nitrogen and oxygen atoms in total. The Bertz CT molecular complexity index is 467. The van der Waals surface area contributed by atoms with Gasteiger partial charge in [0.15, 0.2) is 5.75 Å². The van der Waals surface area contributed by atoms with Crippen LogP contribution in [-0.4, -0.2) is 30.0 Å². The first kappa shape index (κ1) is 11.6. The minimum atomic E-state index is -0.258. The summed E-state index contributed by atoms with van der Waals surface area (Å²) in [6.07, 6.45) is 3.40. The van der Waals surface area contributed by atoms with Crippen LogP contribution in [0.3, 0.4) is 0 Å². The Hall–Kier alpha value is -1.88. The van der Waals surface area contributed by atoms with E-state index in [0.29, 0.717) is 12.4 Å². The smallest absolute Gasteiger partial charge is 0.157 e. The second-order valence-electron chi connectivity index (χ2n) is 3.55. The molecule has 0 amide bonds. The van der Waals surface area contributed by atoms with Gasteiger partial charge in [-0.1, -0.05) is 0 Å². The molecule has 17 heavy (non-hydrogen) atoms. The Morgan fingerprint density at radius 2 is 2.12 bits per heavy atom. The summed E-state index contributed by atoms with van der Waals surface area (Å²) in [6, 6.07) is 6.14. The fourth-order valence-electron chi connectivity index (χ4n) is 1.39. The molecule has 0 aliphatic carbocycles. The van der Waals surface area contributed by atoms with Crippen LogP contribution in [0.25, 0.3) is 5.69 Å². The third-order valence-corrected chi connectivity index (χ3v) is 2.27. The van der Waals surface area contributed by atoms with Gasteiger partial charge < -0.3 is 10.1 Å². The van der Waals surface area contributed by atoms with Gasteiger partial charge >= 0.3 is 0 Å². The molecule has 0 aliphatic heterocycles. The molecule has 0 atom stereocenters. The lowest BCUT2D eigenvalue weighted by molar-refractivity contribution is 0.318. The summed E-state index contributed by atoms with van der Waals surface area (Å²) >= 11 is 0. The zero-order valence-electron chi connectivity index (χ0n) is 9.56. The molecule has 0 spiro atoms. The van der Waals surface area contributed by atoms with Gasteiger partial charge in [0.25, 0.3) is 0 Å². The lowest BCUT2D eigenvalue weighted by atomic mass is 10.3. The van der Waals surface area contributed by atoms with Crippen molar-refractivity contribution in [1.29, 1.82) is 0 Å². The highest BCUT2D eigenvalue weighted by Crippen LogP contribution is 2.13. The predicted molar refractivity (Wildman–Crippen MR) is 62.9 cm³/mol. The highest BCUT2D eigenvalue weighted by atomic mass is 19.1. The standard InChI is InChI=1S/C12H14FN3O/c1-14-6-7-17-12-8-15-16(9-12)11-4-2-10(13)3-5-11/h2-5,8-9,14H,6-7H2,1H3. The number of likely N-dealkylation sites (N-methyl/N-ethyl adjacent to an activating group) is 1. The Balaban J connectivity index is 2.04. The number of halogens is 1. The van der Waals surface area contributed by atoms with Crippen LogP contribution in [0, 0.1) is 5.82 Å². The number of hydrogen-bond donors (Lipinski definition) is 1. The van der Waals surface area contributed by atoms with Crippen LogP contribution in [0.1, 0.15) is 0 Å². The van der Waals surface area contributed by atoms with E-state index < -0.39 is 0 Å². The Morgan fingerprint density at radius 3 is 2.82 bits per heavy atom. The number of aromatic nitrogens is 2. The van der Waals surface area contributed by atoms with Crippen molar-refractivity contribution in [3.8, 4) is 11.4 Å². The minimum absolute atomic E-state index is 0.258. The van der Waals surface area contributed by atoms with Gasteiger partial charge in [0.1, 0.15) is 12.4 Å². The van der Waals surface area contributed by atoms with Gasteiger partial charge in [0.05, 0.1) is 18.1 Å². The SMILES string of the molecule is CNCCOc1cnn(-c2ccc(F)cc2)c1. The summed E-state index contributed by atoms with van der Waals surface area (Å²) in [5.41, 5.74) is 0.801. The first-order valence-electron chi connectivity index (χ1n) is 5.37. The lowest BCUT2D eigenvalue weighted by Gasteiger charge is -2.02. The zero-order chi connectivity index (χ0) is 12.1. The molecule has 0 saturated carbocycles. The molecular weight excluding hydrogens is 221 g/mol. The van der Waals surface area contributed by atoms with Crippen LogP contribution in [-0.2, 0) is 0 Å². The molecule has 0 radical (unpaired) electrons. The monoisotopic (exact) mass is 235 g/mol. The Morgan fingerprint density at radius 1 is 1.35 bits per heavy atom. The van der Waals surface area contributed by atoms with Gasteiger partial charge in [0, 0.05) is 6.54 Å². The zero-order valence-corrected chi connectivity index (χ0v) is 9.56. The largest absolute Gasteiger partial charge is 0.489 e. The van der Waals surface area contributed by atoms with E-state index in [1.165, 1.54) is 12.1 Å². The highest BCUT2D eigenvalue weighted by molar-refractivity contribution is 5.32. The van der Waals surface area contributed by atoms with Crippen molar-refractivity contribution < 1.29 is 9.13 Å². The summed E-state index contributed by atoms with van der Waals surface area (Å²) in [7, 11) is 1.87. The Labute approximate surface area is 99.0 Å². The van der Waals surface area contributed by atoms with Gasteiger partial charge in [-0.25, -0.2) is 9.07 Å². The third-order valence-electron chi connectivity index (χ3n) is 2.27. The van der Waals surface area contributed by atoms with Crippen LogP contribution in [0.15, 0.2) is 36.7 Å². The van der Waals surface area contributed by atoms with Crippen molar-refractivity contribution in [3.05, 3.63) is 42.5 Å². The minimum Gasteiger partial charge on any atom is -0.489 e. The average Bonchev–Trinajstić information content (AvgIpc) is 2.79. The molecule has 5 heteroatoms. The summed E-state index contributed by atoms with van der Waals surface area (Å²) in [4.78, 5) is 0. The quantitative estimate of drug-likeness (QED) is 0.800. The topological polar surface area (TPSA) is 39.1 Å². The summed E-state index contributed by atoms with van der Waals surface area (Å²) in [5, 5.41) is 7.13. The molecule has 1 heterocycles. The number of ether oxygens (including phenoxy) is 1. The van der Waals surface area contributed by atoms with Crippen LogP contribution in [0.5, 0.6) is 5.75 Å². The molecule has 1 aromatic heterocycles. The number of nitrogens with zero attached hydrogens (tertiary/aromatic N) is 2. The van der Waals surface area contributed by atoms with E-state index in [4.69, 9.17) is 4.74 Å². The van der Waals surface area contributed by atoms with Gasteiger partial charge in [-0.15, -0.1) is 0 Å². The average molecular weight is 235 g/mol. The summed E-state index contributed by atoms with van der Waals surface area (Å²) in [5.74, 6) is 0.441. The molecule has 2 aromatic rings. The molecule has 2 rings (SSSR count). The fourth-order valence-corrected chi connectivity index (χ4v) is 1.39.